The number of fused-ring (bicyclic) bond motifs is 4. The highest BCUT2D eigenvalue weighted by Crippen LogP contribution is 2.37. The van der Waals surface area contributed by atoms with E-state index in [1.165, 1.54) is 0 Å². The van der Waals surface area contributed by atoms with Crippen LogP contribution in [0.25, 0.3) is 0 Å². The summed E-state index contributed by atoms with van der Waals surface area (Å²) in [6, 6.07) is 1.93. The van der Waals surface area contributed by atoms with Gasteiger partial charge in [-0.2, -0.15) is 47.0 Å². The first-order valence-corrected chi connectivity index (χ1v) is 50.3. The smallest absolute Gasteiger partial charge is 0.315 e. The van der Waals surface area contributed by atoms with Gasteiger partial charge in [0.05, 0.1) is 48.3 Å². The van der Waals surface area contributed by atoms with Crippen molar-refractivity contribution in [2.45, 2.75) is 238 Å². The van der Waals surface area contributed by atoms with E-state index < -0.39 is 0 Å². The predicted octanol–water partition coefficient (Wildman–Crippen LogP) is 9.54. The van der Waals surface area contributed by atoms with Crippen LogP contribution >= 0.6 is 133 Å². The van der Waals surface area contributed by atoms with Crippen molar-refractivity contribution in [3.63, 3.8) is 0 Å². The lowest BCUT2D eigenvalue weighted by Gasteiger charge is -2.16. The third-order valence-electron chi connectivity index (χ3n) is 17.5. The normalized spacial score (nSPS) is 24.3. The number of Topliss-reactive ketones (excluding diaryl/α,β-unsaturated/α-hetero) is 4. The number of hydrogen-bond acceptors (Lipinski definition) is 24. The highest BCUT2D eigenvalue weighted by Gasteiger charge is 2.45. The molecule has 0 saturated carbocycles. The standard InChI is InChI=1S/2C17H29N3O3S3.2C16H27N3O3S3/c2*1-2-12(21)7-9-25-26-10-8-18-15(22)6-4-3-5-14-16-13(11-24-14)19-17(23)20-16;2*1-11(20)6-8-24-25-9-7-17-14(21)5-3-2-4-13-15-12(10-23-13)18-16(22)19-15/h2*13-14,16H,2-11H2,1H3,(H,18,22)(H2,19,20,23);2*12-13,15H,2-10H2,1H3,(H,17,21)(H2,18,19,22). The zero-order valence-electron chi connectivity index (χ0n) is 59.6. The monoisotopic (exact) mass is 1650 g/mol. The molecule has 0 radical (unpaired) electrons. The molecule has 8 aliphatic heterocycles. The summed E-state index contributed by atoms with van der Waals surface area (Å²) in [6.07, 6.45) is 17.8. The van der Waals surface area contributed by atoms with Gasteiger partial charge in [0.1, 0.15) is 23.1 Å². The summed E-state index contributed by atoms with van der Waals surface area (Å²) in [4.78, 5) is 137. The summed E-state index contributed by atoms with van der Waals surface area (Å²) in [7, 11) is 13.6. The van der Waals surface area contributed by atoms with Gasteiger partial charge in [0, 0.05) is 180 Å². The molecule has 0 spiro atoms. The molecule has 12 unspecified atom stereocenters. The Bertz CT molecular complexity index is 2450. The lowest BCUT2D eigenvalue weighted by atomic mass is 10.0. The first kappa shape index (κ1) is 90.5. The van der Waals surface area contributed by atoms with Crippen molar-refractivity contribution in [1.82, 2.24) is 63.8 Å². The Balaban J connectivity index is 0.000000245. The van der Waals surface area contributed by atoms with Gasteiger partial charge in [-0.25, -0.2) is 19.2 Å². The molecular weight excluding hydrogens is 1540 g/mol. The van der Waals surface area contributed by atoms with Gasteiger partial charge >= 0.3 is 24.1 Å². The van der Waals surface area contributed by atoms with Gasteiger partial charge in [-0.15, -0.1) is 0 Å². The van der Waals surface area contributed by atoms with E-state index in [9.17, 15) is 57.5 Å². The van der Waals surface area contributed by atoms with Crippen LogP contribution in [0, 0.1) is 0 Å². The summed E-state index contributed by atoms with van der Waals surface area (Å²) in [6.45, 7) is 9.71. The van der Waals surface area contributed by atoms with Crippen LogP contribution in [0.1, 0.15) is 169 Å². The summed E-state index contributed by atoms with van der Waals surface area (Å²) < 4.78 is 0. The molecule has 12 atom stereocenters. The van der Waals surface area contributed by atoms with Crippen LogP contribution in [-0.2, 0) is 38.4 Å². The second kappa shape index (κ2) is 54.4. The molecule has 0 aromatic heterocycles. The predicted molar refractivity (Wildman–Crippen MR) is 438 cm³/mol. The third kappa shape index (κ3) is 38.8. The number of rotatable bonds is 50. The lowest BCUT2D eigenvalue weighted by molar-refractivity contribution is -0.121. The van der Waals surface area contributed by atoms with E-state index in [-0.39, 0.29) is 108 Å². The van der Waals surface area contributed by atoms with E-state index in [2.05, 4.69) is 63.8 Å². The molecule has 0 aliphatic carbocycles. The lowest BCUT2D eigenvalue weighted by Crippen LogP contribution is -2.36. The van der Waals surface area contributed by atoms with Crippen LogP contribution in [0.5, 0.6) is 0 Å². The molecular formula is C66H112N12O12S12. The Morgan fingerprint density at radius 2 is 0.549 bits per heavy atom. The number of carbonyl (C=O) groups excluding carboxylic acids is 12. The van der Waals surface area contributed by atoms with Crippen molar-refractivity contribution in [1.29, 1.82) is 0 Å². The van der Waals surface area contributed by atoms with E-state index >= 15 is 0 Å². The van der Waals surface area contributed by atoms with E-state index in [1.54, 1.807) is 100 Å². The average molecular weight is 1650 g/mol. The zero-order valence-corrected chi connectivity index (χ0v) is 69.4. The zero-order chi connectivity index (χ0) is 73.7. The van der Waals surface area contributed by atoms with E-state index in [0.29, 0.717) is 123 Å². The summed E-state index contributed by atoms with van der Waals surface area (Å²) >= 11 is 7.67. The Hall–Kier alpha value is -2.16. The van der Waals surface area contributed by atoms with Crippen molar-refractivity contribution in [2.24, 2.45) is 0 Å². The Kier molecular flexibility index (Phi) is 48.3. The highest BCUT2D eigenvalue weighted by molar-refractivity contribution is 8.77. The average Bonchev–Trinajstić information content (AvgIpc) is 1.70. The molecule has 580 valence electrons. The Morgan fingerprint density at radius 1 is 0.324 bits per heavy atom. The molecule has 0 aromatic rings. The molecule has 8 heterocycles. The van der Waals surface area contributed by atoms with Crippen LogP contribution in [0.4, 0.5) is 19.2 Å². The second-order valence-electron chi connectivity index (χ2n) is 25.6. The second-order valence-corrected chi connectivity index (χ2v) is 41.5. The number of thioether (sulfide) groups is 4. The minimum atomic E-state index is -0.0444. The largest absolute Gasteiger partial charge is 0.355 e. The minimum absolute atomic E-state index is 0.0438. The van der Waals surface area contributed by atoms with Crippen LogP contribution in [0.2, 0.25) is 0 Å². The maximum absolute atomic E-state index is 11.8. The fraction of sp³-hybridized carbons (Fsp3) is 0.818. The van der Waals surface area contributed by atoms with Crippen LogP contribution in [0.15, 0.2) is 0 Å². The molecule has 8 saturated heterocycles. The molecule has 24 nitrogen and oxygen atoms in total. The molecule has 0 bridgehead atoms. The van der Waals surface area contributed by atoms with Crippen molar-refractivity contribution >= 4 is 204 Å². The highest BCUT2D eigenvalue weighted by atomic mass is 33.1. The number of amides is 12. The van der Waals surface area contributed by atoms with Gasteiger partial charge in [-0.05, 0) is 65.2 Å². The number of ketones is 4. The molecule has 0 aromatic carbocycles. The van der Waals surface area contributed by atoms with Gasteiger partial charge in [0.25, 0.3) is 0 Å². The number of urea groups is 4. The third-order valence-corrected chi connectivity index (χ3v) is 33.1. The molecule has 12 N–H and O–H groups in total. The van der Waals surface area contributed by atoms with Crippen molar-refractivity contribution in [3.05, 3.63) is 0 Å². The fourth-order valence-electron chi connectivity index (χ4n) is 11.9. The summed E-state index contributed by atoms with van der Waals surface area (Å²) in [5.41, 5.74) is 0. The Morgan fingerprint density at radius 3 is 0.775 bits per heavy atom. The topological polar surface area (TPSA) is 349 Å². The maximum atomic E-state index is 11.8. The molecule has 102 heavy (non-hydrogen) atoms. The van der Waals surface area contributed by atoms with Gasteiger partial charge in [-0.1, -0.05) is 126 Å². The molecule has 8 aliphatic rings. The molecule has 8 fully saturated rings. The van der Waals surface area contributed by atoms with Crippen LogP contribution < -0.4 is 63.8 Å². The number of carbonyl (C=O) groups is 12. The van der Waals surface area contributed by atoms with Gasteiger partial charge < -0.3 is 63.8 Å². The molecule has 36 heteroatoms. The first-order valence-electron chi connectivity index (χ1n) is 36.1. The number of nitrogens with one attached hydrogen (secondary N) is 12. The first-order chi connectivity index (χ1) is 49.3. The van der Waals surface area contributed by atoms with Crippen molar-refractivity contribution in [2.75, 3.05) is 95.2 Å². The van der Waals surface area contributed by atoms with Crippen molar-refractivity contribution < 1.29 is 57.5 Å². The maximum Gasteiger partial charge on any atom is 0.315 e. The SMILES string of the molecule is CC(=O)CCSSCCNC(=O)CCCCC1SCC2NC(=O)NC21.CC(=O)CCSSCCNC(=O)CCCCC1SCC2NC(=O)NC21.CCC(=O)CCSSCCNC(=O)CCCCC1SCC2NC(=O)NC21.CCC(=O)CCSSCCNC(=O)CCCCC1SCC2NC(=O)NC21. The van der Waals surface area contributed by atoms with Gasteiger partial charge in [-0.3, -0.25) is 38.4 Å². The van der Waals surface area contributed by atoms with Crippen LogP contribution in [0.3, 0.4) is 0 Å². The molecule has 8 rings (SSSR count). The van der Waals surface area contributed by atoms with Gasteiger partial charge in [0.15, 0.2) is 0 Å². The number of unbranched alkanes of at least 4 members (excludes halogenated alkanes) is 4. The summed E-state index contributed by atoms with van der Waals surface area (Å²) in [5.74, 6) is 12.3. The minimum Gasteiger partial charge on any atom is -0.355 e. The molecule has 12 amide bonds. The van der Waals surface area contributed by atoms with E-state index in [0.717, 1.165) is 146 Å². The Labute approximate surface area is 653 Å². The summed E-state index contributed by atoms with van der Waals surface area (Å²) in [5, 5.41) is 37.4. The van der Waals surface area contributed by atoms with Crippen LogP contribution in [-0.4, -0.2) is 235 Å². The number of hydrogen-bond donors (Lipinski definition) is 12. The van der Waals surface area contributed by atoms with Crippen molar-refractivity contribution in [3.8, 4) is 0 Å². The van der Waals surface area contributed by atoms with E-state index in [4.69, 9.17) is 0 Å². The van der Waals surface area contributed by atoms with Gasteiger partial charge in [0.2, 0.25) is 23.6 Å². The van der Waals surface area contributed by atoms with E-state index in [1.807, 2.05) is 60.9 Å². The quantitative estimate of drug-likeness (QED) is 0.0153. The fourth-order valence-corrected chi connectivity index (χ4v) is 25.9.